The predicted molar refractivity (Wildman–Crippen MR) is 94.4 cm³/mol. The quantitative estimate of drug-likeness (QED) is 0.154. The van der Waals surface area contributed by atoms with Gasteiger partial charge in [-0.25, -0.2) is 13.2 Å². The molecule has 2 rings (SSSR count). The molecule has 27 heavy (non-hydrogen) atoms. The van der Waals surface area contributed by atoms with Crippen LogP contribution in [-0.4, -0.2) is 21.3 Å². The Hall–Kier alpha value is -0.328. The van der Waals surface area contributed by atoms with Crippen LogP contribution in [0.15, 0.2) is 30.3 Å². The summed E-state index contributed by atoms with van der Waals surface area (Å²) in [6, 6.07) is 7.47. The van der Waals surface area contributed by atoms with Crippen molar-refractivity contribution in [3.8, 4) is 11.5 Å². The second kappa shape index (κ2) is 8.58. The second-order valence-electron chi connectivity index (χ2n) is 4.89. The van der Waals surface area contributed by atoms with E-state index < -0.39 is 56.1 Å². The zero-order chi connectivity index (χ0) is 20.6. The maximum absolute atomic E-state index is 13.8. The molecule has 0 spiro atoms. The molecule has 2 aromatic carbocycles. The first-order valence-electron chi connectivity index (χ1n) is 6.72. The fourth-order valence-corrected chi connectivity index (χ4v) is 5.44. The minimum Gasteiger partial charge on any atom is -0.625 e. The van der Waals surface area contributed by atoms with Crippen LogP contribution < -0.4 is 8.53 Å². The van der Waals surface area contributed by atoms with Gasteiger partial charge in [-0.05, 0) is 12.1 Å². The Morgan fingerprint density at radius 1 is 0.741 bits per heavy atom. The molecule has 0 heterocycles. The van der Waals surface area contributed by atoms with E-state index in [1.54, 1.807) is 6.07 Å². The van der Waals surface area contributed by atoms with Gasteiger partial charge in [0.15, 0.2) is 5.75 Å². The average Bonchev–Trinajstić information content (AvgIpc) is 2.61. The molecule has 0 radical (unpaired) electrons. The Morgan fingerprint density at radius 3 is 1.63 bits per heavy atom. The minimum absolute atomic E-state index is 0.0398. The maximum Gasteiger partial charge on any atom is 0.752 e. The van der Waals surface area contributed by atoms with E-state index in [1.165, 1.54) is 24.3 Å². The lowest BCUT2D eigenvalue weighted by atomic mass is 10.3. The third kappa shape index (κ3) is 4.64. The van der Waals surface area contributed by atoms with Crippen molar-refractivity contribution in [2.45, 2.75) is 7.71 Å². The molecule has 0 aliphatic rings. The summed E-state index contributed by atoms with van der Waals surface area (Å²) in [6.07, 6.45) is 0. The Balaban J connectivity index is 2.45. The molecule has 0 aliphatic carbocycles. The highest BCUT2D eigenvalue weighted by atomic mass is 35.6. The topological polar surface area (TPSA) is 18.5 Å². The first-order chi connectivity index (χ1) is 12.4. The van der Waals surface area contributed by atoms with Gasteiger partial charge < -0.3 is 8.53 Å². The third-order valence-corrected chi connectivity index (χ3v) is 8.82. The van der Waals surface area contributed by atoms with Gasteiger partial charge in [-0.15, -0.1) is 0 Å². The number of hydrogen-bond donors (Lipinski definition) is 0. The highest BCUT2D eigenvalue weighted by Crippen LogP contribution is 2.47. The molecule has 13 heteroatoms. The predicted octanol–water partition coefficient (Wildman–Crippen LogP) is 6.41. The lowest BCUT2D eigenvalue weighted by Crippen LogP contribution is -2.56. The SMILES string of the molecule is Fc1c(F)c(F)c([O][Al]([Cl])[C](Cl)(Oc2ccccc2)C(Cl)(Cl)Cl)c(F)c1F. The molecule has 0 bridgehead atoms. The van der Waals surface area contributed by atoms with Crippen molar-refractivity contribution >= 4 is 70.0 Å². The van der Waals surface area contributed by atoms with Crippen molar-refractivity contribution in [3.05, 3.63) is 59.4 Å². The Kier molecular flexibility index (Phi) is 7.30. The monoisotopic (exact) mass is 502 g/mol. The molecular weight excluding hydrogens is 499 g/mol. The standard InChI is InChI=1S/C8H5Cl4O.C6HF5O.Al.ClH/c9-7(8(10,11)12)13-6-4-2-1-3-5-6;7-1-2(8)4(10)6(12)5(11)3(1)9;;/h1-5H;12H;;1H/q;;+2;/p-2. The molecule has 146 valence electrons. The number of hydrogen-bond acceptors (Lipinski definition) is 2. The van der Waals surface area contributed by atoms with Crippen molar-refractivity contribution in [2.75, 3.05) is 0 Å². The van der Waals surface area contributed by atoms with Crippen LogP contribution >= 0.6 is 56.5 Å². The van der Waals surface area contributed by atoms with Crippen LogP contribution in [0.2, 0.25) is 0 Å². The van der Waals surface area contributed by atoms with E-state index in [4.69, 9.17) is 65.0 Å². The fourth-order valence-electron chi connectivity index (χ4n) is 1.76. The lowest BCUT2D eigenvalue weighted by Gasteiger charge is -2.34. The van der Waals surface area contributed by atoms with Gasteiger partial charge in [0.1, 0.15) is 5.75 Å². The van der Waals surface area contributed by atoms with Crippen LogP contribution in [0.1, 0.15) is 0 Å². The van der Waals surface area contributed by atoms with Crippen LogP contribution in [0.3, 0.4) is 0 Å². The first kappa shape index (κ1) is 23.0. The summed E-state index contributed by atoms with van der Waals surface area (Å²) >= 11 is 19.6. The van der Waals surface area contributed by atoms with Gasteiger partial charge in [0.05, 0.1) is 0 Å². The summed E-state index contributed by atoms with van der Waals surface area (Å²) in [4.78, 5) is 0. The van der Waals surface area contributed by atoms with Gasteiger partial charge in [0.2, 0.25) is 36.8 Å². The number of para-hydroxylation sites is 1. The number of benzene rings is 2. The van der Waals surface area contributed by atoms with Crippen molar-refractivity contribution in [2.24, 2.45) is 0 Å². The lowest BCUT2D eigenvalue weighted by molar-refractivity contribution is 0.223. The van der Waals surface area contributed by atoms with E-state index in [0.717, 1.165) is 0 Å². The van der Waals surface area contributed by atoms with Crippen LogP contribution in [0.5, 0.6) is 11.5 Å². The van der Waals surface area contributed by atoms with Gasteiger partial charge in [-0.3, -0.25) is 0 Å². The van der Waals surface area contributed by atoms with Gasteiger partial charge in [0, 0.05) is 0 Å². The zero-order valence-electron chi connectivity index (χ0n) is 12.6. The molecular formula is C14H5AlCl5F5O2. The Labute approximate surface area is 178 Å². The van der Waals surface area contributed by atoms with Crippen molar-refractivity contribution < 1.29 is 30.5 Å². The fraction of sp³-hybridized carbons (Fsp3) is 0.143. The number of alkyl halides is 4. The summed E-state index contributed by atoms with van der Waals surface area (Å²) in [6.45, 7) is 0. The largest absolute Gasteiger partial charge is 0.752 e. The minimum atomic E-state index is -3.88. The van der Waals surface area contributed by atoms with E-state index in [1.807, 2.05) is 0 Å². The molecule has 0 saturated carbocycles. The molecule has 2 aromatic rings. The molecule has 0 fully saturated rings. The smallest absolute Gasteiger partial charge is 0.625 e. The number of halogens is 10. The van der Waals surface area contributed by atoms with E-state index in [0.29, 0.717) is 0 Å². The van der Waals surface area contributed by atoms with E-state index >= 15 is 0 Å². The Morgan fingerprint density at radius 2 is 1.19 bits per heavy atom. The molecule has 0 amide bonds. The van der Waals surface area contributed by atoms with E-state index in [2.05, 4.69) is 0 Å². The van der Waals surface area contributed by atoms with Crippen molar-refractivity contribution in [1.82, 2.24) is 0 Å². The maximum atomic E-state index is 13.8. The summed E-state index contributed by atoms with van der Waals surface area (Å²) in [5.74, 6) is -13.0. The highest BCUT2D eigenvalue weighted by Gasteiger charge is 2.64. The van der Waals surface area contributed by atoms with Crippen LogP contribution in [0.4, 0.5) is 22.0 Å². The van der Waals surface area contributed by atoms with Crippen LogP contribution in [0.25, 0.3) is 0 Å². The van der Waals surface area contributed by atoms with Gasteiger partial charge in [-0.2, -0.15) is 18.8 Å². The van der Waals surface area contributed by atoms with Crippen LogP contribution in [-0.2, 0) is 0 Å². The first-order valence-corrected chi connectivity index (χ1v) is 11.0. The van der Waals surface area contributed by atoms with Crippen molar-refractivity contribution in [3.63, 3.8) is 0 Å². The third-order valence-electron chi connectivity index (χ3n) is 3.08. The molecule has 0 aliphatic heterocycles. The van der Waals surface area contributed by atoms with Gasteiger partial charge in [0.25, 0.3) is 0 Å². The van der Waals surface area contributed by atoms with Crippen LogP contribution in [0, 0.1) is 29.1 Å². The molecule has 0 saturated heterocycles. The van der Waals surface area contributed by atoms with E-state index in [-0.39, 0.29) is 5.75 Å². The Bertz CT molecular complexity index is 810. The summed E-state index contributed by atoms with van der Waals surface area (Å²) in [5, 5.41) is 0. The molecule has 1 atom stereocenters. The molecule has 0 aromatic heterocycles. The van der Waals surface area contributed by atoms with Gasteiger partial charge in [-0.1, -0.05) is 64.6 Å². The summed E-state index contributed by atoms with van der Waals surface area (Å²) in [5.41, 5.74) is 0. The summed E-state index contributed by atoms with van der Waals surface area (Å²) < 4.78 is 72.5. The normalized spacial score (nSPS) is 13.9. The van der Waals surface area contributed by atoms with Gasteiger partial charge >= 0.3 is 13.6 Å². The zero-order valence-corrected chi connectivity index (χ0v) is 17.5. The molecule has 2 nitrogen and oxygen atoms in total. The van der Waals surface area contributed by atoms with E-state index in [9.17, 15) is 22.0 Å². The van der Waals surface area contributed by atoms with Crippen molar-refractivity contribution in [1.29, 1.82) is 0 Å². The molecule has 0 N–H and O–H groups in total. The average molecular weight is 504 g/mol. The second-order valence-corrected chi connectivity index (χ2v) is 11.0. The number of ether oxygens (including phenoxy) is 1. The highest BCUT2D eigenvalue weighted by molar-refractivity contribution is 7.09. The molecule has 1 unspecified atom stereocenters. The number of rotatable bonds is 5. The summed E-state index contributed by atoms with van der Waals surface area (Å²) in [7, 11) is 5.98.